The molecule has 0 aromatic carbocycles. The van der Waals surface area contributed by atoms with E-state index in [0.717, 1.165) is 12.1 Å². The standard InChI is InChI=1S/C9H19N/c1-3-8(2)10-9-6-4-5-7-9/h8-10H,3-7H2,1-2H3/t8-/m0/s1. The van der Waals surface area contributed by atoms with Crippen LogP contribution in [0.15, 0.2) is 0 Å². The van der Waals surface area contributed by atoms with E-state index < -0.39 is 0 Å². The molecule has 1 atom stereocenters. The Morgan fingerprint density at radius 3 is 2.50 bits per heavy atom. The largest absolute Gasteiger partial charge is 0.312 e. The van der Waals surface area contributed by atoms with Crippen LogP contribution < -0.4 is 5.32 Å². The van der Waals surface area contributed by atoms with Crippen LogP contribution in [0, 0.1) is 0 Å². The molecule has 0 radical (unpaired) electrons. The zero-order valence-electron chi connectivity index (χ0n) is 7.19. The Morgan fingerprint density at radius 1 is 1.40 bits per heavy atom. The summed E-state index contributed by atoms with van der Waals surface area (Å²) in [7, 11) is 0. The summed E-state index contributed by atoms with van der Waals surface area (Å²) < 4.78 is 0. The highest BCUT2D eigenvalue weighted by molar-refractivity contribution is 4.75. The number of hydrogen-bond donors (Lipinski definition) is 1. The van der Waals surface area contributed by atoms with Gasteiger partial charge >= 0.3 is 0 Å². The first-order valence-electron chi connectivity index (χ1n) is 4.59. The van der Waals surface area contributed by atoms with Crippen molar-refractivity contribution in [3.8, 4) is 0 Å². The molecule has 1 nitrogen and oxygen atoms in total. The van der Waals surface area contributed by atoms with Gasteiger partial charge < -0.3 is 5.32 Å². The summed E-state index contributed by atoms with van der Waals surface area (Å²) in [5, 5.41) is 3.63. The molecule has 0 aromatic heterocycles. The highest BCUT2D eigenvalue weighted by Crippen LogP contribution is 2.18. The summed E-state index contributed by atoms with van der Waals surface area (Å²) >= 11 is 0. The summed E-state index contributed by atoms with van der Waals surface area (Å²) in [6.07, 6.45) is 6.95. The van der Waals surface area contributed by atoms with E-state index in [9.17, 15) is 0 Å². The highest BCUT2D eigenvalue weighted by Gasteiger charge is 2.15. The maximum absolute atomic E-state index is 3.63. The lowest BCUT2D eigenvalue weighted by atomic mass is 10.2. The van der Waals surface area contributed by atoms with Crippen LogP contribution in [0.2, 0.25) is 0 Å². The summed E-state index contributed by atoms with van der Waals surface area (Å²) in [5.41, 5.74) is 0. The molecule has 0 unspecified atom stereocenters. The van der Waals surface area contributed by atoms with Gasteiger partial charge in [-0.15, -0.1) is 0 Å². The first kappa shape index (κ1) is 8.06. The van der Waals surface area contributed by atoms with Crippen LogP contribution >= 0.6 is 0 Å². The lowest BCUT2D eigenvalue weighted by Gasteiger charge is -2.16. The Balaban J connectivity index is 2.11. The summed E-state index contributed by atoms with van der Waals surface area (Å²) in [6.45, 7) is 4.52. The second-order valence-electron chi connectivity index (χ2n) is 3.46. The van der Waals surface area contributed by atoms with Gasteiger partial charge in [-0.1, -0.05) is 19.8 Å². The monoisotopic (exact) mass is 141 g/mol. The molecule has 1 aliphatic rings. The smallest absolute Gasteiger partial charge is 0.00695 e. The van der Waals surface area contributed by atoms with Crippen LogP contribution in [0.3, 0.4) is 0 Å². The third kappa shape index (κ3) is 2.30. The van der Waals surface area contributed by atoms with Gasteiger partial charge in [0.1, 0.15) is 0 Å². The van der Waals surface area contributed by atoms with Crippen molar-refractivity contribution in [2.24, 2.45) is 0 Å². The van der Waals surface area contributed by atoms with Gasteiger partial charge in [0.05, 0.1) is 0 Å². The zero-order valence-corrected chi connectivity index (χ0v) is 7.19. The minimum Gasteiger partial charge on any atom is -0.312 e. The van der Waals surface area contributed by atoms with Crippen LogP contribution in [0.25, 0.3) is 0 Å². The van der Waals surface area contributed by atoms with Crippen molar-refractivity contribution >= 4 is 0 Å². The van der Waals surface area contributed by atoms with Gasteiger partial charge in [-0.25, -0.2) is 0 Å². The third-order valence-corrected chi connectivity index (χ3v) is 2.49. The molecule has 0 spiro atoms. The fourth-order valence-electron chi connectivity index (χ4n) is 1.61. The molecule has 0 bridgehead atoms. The van der Waals surface area contributed by atoms with E-state index in [1.165, 1.54) is 32.1 Å². The predicted octanol–water partition coefficient (Wildman–Crippen LogP) is 2.32. The predicted molar refractivity (Wildman–Crippen MR) is 45.1 cm³/mol. The van der Waals surface area contributed by atoms with Crippen LogP contribution in [-0.4, -0.2) is 12.1 Å². The molecule has 1 heteroatoms. The Morgan fingerprint density at radius 2 is 2.00 bits per heavy atom. The van der Waals surface area contributed by atoms with Crippen molar-refractivity contribution in [3.05, 3.63) is 0 Å². The van der Waals surface area contributed by atoms with Gasteiger partial charge in [0.15, 0.2) is 0 Å². The minimum absolute atomic E-state index is 0.725. The van der Waals surface area contributed by atoms with E-state index in [1.54, 1.807) is 0 Å². The lowest BCUT2D eigenvalue weighted by Crippen LogP contribution is -2.33. The van der Waals surface area contributed by atoms with Gasteiger partial charge in [-0.3, -0.25) is 0 Å². The molecule has 10 heavy (non-hydrogen) atoms. The number of hydrogen-bond acceptors (Lipinski definition) is 1. The third-order valence-electron chi connectivity index (χ3n) is 2.49. The molecule has 1 N–H and O–H groups in total. The molecule has 1 saturated carbocycles. The van der Waals surface area contributed by atoms with Gasteiger partial charge in [0.25, 0.3) is 0 Å². The van der Waals surface area contributed by atoms with E-state index in [-0.39, 0.29) is 0 Å². The maximum Gasteiger partial charge on any atom is 0.00695 e. The SMILES string of the molecule is CC[C@H](C)NC1CCCC1. The molecule has 1 aliphatic carbocycles. The topological polar surface area (TPSA) is 12.0 Å². The number of rotatable bonds is 3. The Labute approximate surface area is 64.2 Å². The molecule has 60 valence electrons. The van der Waals surface area contributed by atoms with Crippen LogP contribution in [0.1, 0.15) is 46.0 Å². The average molecular weight is 141 g/mol. The van der Waals surface area contributed by atoms with Crippen molar-refractivity contribution in [1.29, 1.82) is 0 Å². The van der Waals surface area contributed by atoms with E-state index in [0.29, 0.717) is 0 Å². The van der Waals surface area contributed by atoms with Crippen LogP contribution in [0.5, 0.6) is 0 Å². The van der Waals surface area contributed by atoms with Crippen molar-refractivity contribution in [1.82, 2.24) is 5.32 Å². The molecule has 0 amide bonds. The molecule has 1 fully saturated rings. The molecule has 0 aromatic rings. The van der Waals surface area contributed by atoms with E-state index in [1.807, 2.05) is 0 Å². The van der Waals surface area contributed by atoms with Crippen molar-refractivity contribution in [2.75, 3.05) is 0 Å². The van der Waals surface area contributed by atoms with Crippen LogP contribution in [-0.2, 0) is 0 Å². The summed E-state index contributed by atoms with van der Waals surface area (Å²) in [5.74, 6) is 0. The van der Waals surface area contributed by atoms with E-state index >= 15 is 0 Å². The van der Waals surface area contributed by atoms with Gasteiger partial charge in [-0.2, -0.15) is 0 Å². The van der Waals surface area contributed by atoms with Crippen LogP contribution in [0.4, 0.5) is 0 Å². The average Bonchev–Trinajstić information content (AvgIpc) is 2.40. The lowest BCUT2D eigenvalue weighted by molar-refractivity contribution is 0.442. The molecule has 1 rings (SSSR count). The normalized spacial score (nSPS) is 23.4. The molecular weight excluding hydrogens is 122 g/mol. The second kappa shape index (κ2) is 3.97. The number of nitrogens with one attached hydrogen (secondary N) is 1. The van der Waals surface area contributed by atoms with Crippen molar-refractivity contribution < 1.29 is 0 Å². The first-order chi connectivity index (χ1) is 4.83. The van der Waals surface area contributed by atoms with Crippen molar-refractivity contribution in [2.45, 2.75) is 58.0 Å². The fraction of sp³-hybridized carbons (Fsp3) is 1.00. The van der Waals surface area contributed by atoms with Crippen molar-refractivity contribution in [3.63, 3.8) is 0 Å². The van der Waals surface area contributed by atoms with Gasteiger partial charge in [-0.05, 0) is 26.2 Å². The van der Waals surface area contributed by atoms with Gasteiger partial charge in [0.2, 0.25) is 0 Å². The van der Waals surface area contributed by atoms with Gasteiger partial charge in [0, 0.05) is 12.1 Å². The summed E-state index contributed by atoms with van der Waals surface area (Å²) in [6, 6.07) is 1.57. The summed E-state index contributed by atoms with van der Waals surface area (Å²) in [4.78, 5) is 0. The highest BCUT2D eigenvalue weighted by atomic mass is 14.9. The second-order valence-corrected chi connectivity index (χ2v) is 3.46. The quantitative estimate of drug-likeness (QED) is 0.636. The maximum atomic E-state index is 3.63. The van der Waals surface area contributed by atoms with E-state index in [2.05, 4.69) is 19.2 Å². The molecule has 0 heterocycles. The van der Waals surface area contributed by atoms with E-state index in [4.69, 9.17) is 0 Å². The Hall–Kier alpha value is -0.0400. The molecule has 0 aliphatic heterocycles. The zero-order chi connectivity index (χ0) is 7.40. The molecular formula is C9H19N. The Bertz CT molecular complexity index is 84.7. The first-order valence-corrected chi connectivity index (χ1v) is 4.59. The minimum atomic E-state index is 0.725. The fourth-order valence-corrected chi connectivity index (χ4v) is 1.61. The Kier molecular flexibility index (Phi) is 3.20. The molecule has 0 saturated heterocycles.